The number of nitrogens with one attached hydrogen (secondary N) is 1. The molecule has 0 aliphatic heterocycles. The molecule has 32 heavy (non-hydrogen) atoms. The van der Waals surface area contributed by atoms with E-state index in [1.54, 1.807) is 47.7 Å². The molecule has 4 aromatic rings. The van der Waals surface area contributed by atoms with Gasteiger partial charge in [0.15, 0.2) is 4.96 Å². The summed E-state index contributed by atoms with van der Waals surface area (Å²) in [5, 5.41) is 13.9. The quantitative estimate of drug-likeness (QED) is 0.437. The first kappa shape index (κ1) is 20.2. The van der Waals surface area contributed by atoms with E-state index in [0.29, 0.717) is 24.2 Å². The molecule has 2 aromatic heterocycles. The molecule has 1 N–H and O–H groups in total. The van der Waals surface area contributed by atoms with Crippen molar-refractivity contribution in [3.63, 3.8) is 0 Å². The Balaban J connectivity index is 1.29. The number of imidazole rings is 1. The normalized spacial score (nSPS) is 13.1. The number of benzene rings is 2. The van der Waals surface area contributed by atoms with Crippen molar-refractivity contribution < 1.29 is 9.18 Å². The number of urea groups is 1. The fourth-order valence-electron chi connectivity index (χ4n) is 3.66. The molecule has 1 fully saturated rings. The van der Waals surface area contributed by atoms with Crippen molar-refractivity contribution in [1.29, 1.82) is 5.26 Å². The van der Waals surface area contributed by atoms with E-state index in [1.807, 2.05) is 15.5 Å². The monoisotopic (exact) mass is 445 g/mol. The van der Waals surface area contributed by atoms with E-state index >= 15 is 0 Å². The maximum absolute atomic E-state index is 13.2. The third-order valence-electron chi connectivity index (χ3n) is 5.55. The average molecular weight is 446 g/mol. The molecule has 1 aliphatic rings. The van der Waals surface area contributed by atoms with E-state index in [1.165, 1.54) is 12.1 Å². The van der Waals surface area contributed by atoms with E-state index in [-0.39, 0.29) is 17.9 Å². The number of anilines is 1. The molecule has 1 aliphatic carbocycles. The lowest BCUT2D eigenvalue weighted by Gasteiger charge is -2.22. The predicted molar refractivity (Wildman–Crippen MR) is 122 cm³/mol. The molecular formula is C24H20FN5OS. The number of aromatic nitrogens is 2. The highest BCUT2D eigenvalue weighted by Gasteiger charge is 2.32. The second-order valence-electron chi connectivity index (χ2n) is 7.81. The number of halogens is 1. The van der Waals surface area contributed by atoms with Gasteiger partial charge in [0.05, 0.1) is 17.3 Å². The number of fused-ring (bicyclic) bond motifs is 1. The summed E-state index contributed by atoms with van der Waals surface area (Å²) < 4.78 is 15.3. The Labute approximate surface area is 188 Å². The Bertz CT molecular complexity index is 1300. The van der Waals surface area contributed by atoms with Gasteiger partial charge in [-0.15, -0.1) is 11.3 Å². The fourth-order valence-corrected chi connectivity index (χ4v) is 4.57. The SMILES string of the molecule is N#Cc1ccc(NC(=O)N(CCc2csc3nc(-c4ccc(F)cc4)cn23)C2CC2)cc1. The molecule has 160 valence electrons. The first-order valence-corrected chi connectivity index (χ1v) is 11.3. The first-order valence-electron chi connectivity index (χ1n) is 10.4. The molecule has 0 spiro atoms. The molecule has 0 saturated heterocycles. The van der Waals surface area contributed by atoms with E-state index in [4.69, 9.17) is 5.26 Å². The lowest BCUT2D eigenvalue weighted by molar-refractivity contribution is 0.209. The highest BCUT2D eigenvalue weighted by molar-refractivity contribution is 7.15. The van der Waals surface area contributed by atoms with Crippen LogP contribution in [0.1, 0.15) is 24.1 Å². The predicted octanol–water partition coefficient (Wildman–Crippen LogP) is 5.31. The molecule has 2 aromatic carbocycles. The largest absolute Gasteiger partial charge is 0.322 e. The third-order valence-corrected chi connectivity index (χ3v) is 6.43. The number of nitrogens with zero attached hydrogens (tertiary/aromatic N) is 4. The lowest BCUT2D eigenvalue weighted by atomic mass is 10.2. The molecule has 8 heteroatoms. The van der Waals surface area contributed by atoms with Gasteiger partial charge in [-0.25, -0.2) is 14.2 Å². The van der Waals surface area contributed by atoms with Crippen molar-refractivity contribution in [2.75, 3.05) is 11.9 Å². The van der Waals surface area contributed by atoms with Crippen LogP contribution in [0.4, 0.5) is 14.9 Å². The van der Waals surface area contributed by atoms with Gasteiger partial charge in [-0.1, -0.05) is 0 Å². The number of amides is 2. The second kappa shape index (κ2) is 8.44. The Morgan fingerprint density at radius 3 is 2.66 bits per heavy atom. The average Bonchev–Trinajstić information content (AvgIpc) is 3.44. The molecule has 2 amide bonds. The topological polar surface area (TPSA) is 73.4 Å². The van der Waals surface area contributed by atoms with Crippen LogP contribution < -0.4 is 5.32 Å². The summed E-state index contributed by atoms with van der Waals surface area (Å²) in [5.41, 5.74) is 3.99. The van der Waals surface area contributed by atoms with Crippen LogP contribution >= 0.6 is 11.3 Å². The van der Waals surface area contributed by atoms with Gasteiger partial charge in [0.2, 0.25) is 0 Å². The highest BCUT2D eigenvalue weighted by atomic mass is 32.1. The van der Waals surface area contributed by atoms with Crippen LogP contribution in [-0.2, 0) is 6.42 Å². The van der Waals surface area contributed by atoms with Gasteiger partial charge in [0.1, 0.15) is 5.82 Å². The van der Waals surface area contributed by atoms with Crippen molar-refractivity contribution in [1.82, 2.24) is 14.3 Å². The number of nitriles is 1. The third kappa shape index (κ3) is 4.20. The highest BCUT2D eigenvalue weighted by Crippen LogP contribution is 2.29. The molecule has 5 rings (SSSR count). The number of carbonyl (C=O) groups is 1. The zero-order chi connectivity index (χ0) is 22.1. The van der Waals surface area contributed by atoms with Crippen molar-refractivity contribution in [2.45, 2.75) is 25.3 Å². The fraction of sp³-hybridized carbons (Fsp3) is 0.208. The minimum atomic E-state index is -0.269. The van der Waals surface area contributed by atoms with E-state index in [9.17, 15) is 9.18 Å². The van der Waals surface area contributed by atoms with Gasteiger partial charge in [-0.2, -0.15) is 5.26 Å². The smallest absolute Gasteiger partial charge is 0.321 e. The van der Waals surface area contributed by atoms with Crippen LogP contribution in [0.2, 0.25) is 0 Å². The summed E-state index contributed by atoms with van der Waals surface area (Å²) in [4.78, 5) is 20.3. The van der Waals surface area contributed by atoms with Crippen LogP contribution in [0.3, 0.4) is 0 Å². The molecule has 6 nitrogen and oxygen atoms in total. The summed E-state index contributed by atoms with van der Waals surface area (Å²) in [6.07, 6.45) is 4.70. The Morgan fingerprint density at radius 1 is 1.22 bits per heavy atom. The van der Waals surface area contributed by atoms with Crippen molar-refractivity contribution in [2.24, 2.45) is 0 Å². The van der Waals surface area contributed by atoms with Gasteiger partial charge < -0.3 is 10.2 Å². The molecule has 0 unspecified atom stereocenters. The van der Waals surface area contributed by atoms with E-state index in [0.717, 1.165) is 34.8 Å². The zero-order valence-electron chi connectivity index (χ0n) is 17.2. The summed E-state index contributed by atoms with van der Waals surface area (Å²) in [6, 6.07) is 15.4. The van der Waals surface area contributed by atoms with Crippen molar-refractivity contribution in [3.05, 3.63) is 77.2 Å². The molecular weight excluding hydrogens is 425 g/mol. The number of carbonyl (C=O) groups excluding carboxylic acids is 1. The van der Waals surface area contributed by atoms with E-state index < -0.39 is 0 Å². The summed E-state index contributed by atoms with van der Waals surface area (Å²) in [7, 11) is 0. The summed E-state index contributed by atoms with van der Waals surface area (Å²) >= 11 is 1.56. The summed E-state index contributed by atoms with van der Waals surface area (Å²) in [6.45, 7) is 0.600. The molecule has 0 radical (unpaired) electrons. The first-order chi connectivity index (χ1) is 15.6. The van der Waals surface area contributed by atoms with Crippen molar-refractivity contribution in [3.8, 4) is 17.3 Å². The van der Waals surface area contributed by atoms with Crippen LogP contribution in [0.25, 0.3) is 16.2 Å². The maximum atomic E-state index is 13.2. The minimum Gasteiger partial charge on any atom is -0.321 e. The maximum Gasteiger partial charge on any atom is 0.322 e. The van der Waals surface area contributed by atoms with Crippen LogP contribution in [0.15, 0.2) is 60.1 Å². The van der Waals surface area contributed by atoms with Gasteiger partial charge in [-0.05, 0) is 61.4 Å². The molecule has 1 saturated carbocycles. The molecule has 2 heterocycles. The molecule has 0 atom stereocenters. The van der Waals surface area contributed by atoms with Gasteiger partial charge in [0, 0.05) is 47.5 Å². The zero-order valence-corrected chi connectivity index (χ0v) is 18.0. The number of rotatable bonds is 6. The van der Waals surface area contributed by atoms with E-state index in [2.05, 4.69) is 21.8 Å². The number of hydrogen-bond acceptors (Lipinski definition) is 4. The van der Waals surface area contributed by atoms with Crippen LogP contribution in [-0.4, -0.2) is 32.9 Å². The van der Waals surface area contributed by atoms with Crippen LogP contribution in [0, 0.1) is 17.1 Å². The Hall–Kier alpha value is -3.70. The standard InChI is InChI=1S/C24H20FN5OS/c25-18-5-3-17(4-6-18)22-14-30-21(15-32-24(30)28-22)11-12-29(20-9-10-20)23(31)27-19-7-1-16(13-26)2-8-19/h1-8,14-15,20H,9-12H2,(H,27,31). The Morgan fingerprint density at radius 2 is 1.97 bits per heavy atom. The lowest BCUT2D eigenvalue weighted by Crippen LogP contribution is -2.38. The van der Waals surface area contributed by atoms with Gasteiger partial charge in [0.25, 0.3) is 0 Å². The number of hydrogen-bond donors (Lipinski definition) is 1. The van der Waals surface area contributed by atoms with Crippen molar-refractivity contribution >= 4 is 28.0 Å². The molecule has 0 bridgehead atoms. The summed E-state index contributed by atoms with van der Waals surface area (Å²) in [5.74, 6) is -0.269. The van der Waals surface area contributed by atoms with Crippen LogP contribution in [0.5, 0.6) is 0 Å². The van der Waals surface area contributed by atoms with Gasteiger partial charge >= 0.3 is 6.03 Å². The second-order valence-corrected chi connectivity index (χ2v) is 8.64. The number of thiazole rings is 1. The van der Waals surface area contributed by atoms with Gasteiger partial charge in [-0.3, -0.25) is 4.40 Å². The Kier molecular flexibility index (Phi) is 5.33. The minimum absolute atomic E-state index is 0.124.